The fourth-order valence-corrected chi connectivity index (χ4v) is 2.65. The number of aromatic amines is 1. The van der Waals surface area contributed by atoms with Gasteiger partial charge in [0, 0.05) is 41.0 Å². The number of hydrogen-bond acceptors (Lipinski definition) is 2. The number of halogens is 1. The van der Waals surface area contributed by atoms with Crippen molar-refractivity contribution in [2.45, 2.75) is 13.5 Å². The summed E-state index contributed by atoms with van der Waals surface area (Å²) in [5.74, 6) is -1.12. The van der Waals surface area contributed by atoms with Gasteiger partial charge in [-0.2, -0.15) is 0 Å². The van der Waals surface area contributed by atoms with Crippen LogP contribution in [0.4, 0.5) is 4.39 Å². The largest absolute Gasteiger partial charge is 0.366 e. The lowest BCUT2D eigenvalue weighted by molar-refractivity contribution is 0.100. The smallest absolute Gasteiger partial charge is 0.275 e. The summed E-state index contributed by atoms with van der Waals surface area (Å²) >= 11 is 0. The lowest BCUT2D eigenvalue weighted by Crippen LogP contribution is -2.19. The van der Waals surface area contributed by atoms with Crippen LogP contribution in [0.1, 0.15) is 17.3 Å². The third kappa shape index (κ3) is 2.62. The number of carbonyl (C=O) groups excluding carboxylic acids is 1. The fraction of sp³-hybridized carbons (Fsp3) is 0.111. The zero-order valence-corrected chi connectivity index (χ0v) is 13.0. The molecule has 2 aromatic heterocycles. The average Bonchev–Trinajstić information content (AvgIpc) is 3.05. The van der Waals surface area contributed by atoms with Crippen molar-refractivity contribution < 1.29 is 9.18 Å². The van der Waals surface area contributed by atoms with Gasteiger partial charge in [-0.15, -0.1) is 0 Å². The first-order chi connectivity index (χ1) is 11.5. The molecule has 2 heterocycles. The number of amides is 1. The first-order valence-electron chi connectivity index (χ1n) is 7.44. The molecule has 3 N–H and O–H groups in total. The number of allylic oxidation sites excluding steroid dienone is 2. The number of aromatic nitrogens is 2. The Labute approximate surface area is 137 Å². The number of rotatable bonds is 4. The summed E-state index contributed by atoms with van der Waals surface area (Å²) in [5, 5.41) is 0.595. The molecule has 3 aromatic rings. The summed E-state index contributed by atoms with van der Waals surface area (Å²) in [7, 11) is 0. The van der Waals surface area contributed by atoms with Crippen molar-refractivity contribution in [2.75, 3.05) is 0 Å². The Hall–Kier alpha value is -3.15. The molecule has 24 heavy (non-hydrogen) atoms. The molecule has 0 unspecified atom stereocenters. The highest BCUT2D eigenvalue weighted by Crippen LogP contribution is 2.29. The molecular formula is C18H16FN3O2. The minimum Gasteiger partial charge on any atom is -0.366 e. The molecule has 0 bridgehead atoms. The number of pyridine rings is 1. The summed E-state index contributed by atoms with van der Waals surface area (Å²) in [6, 6.07) is 5.66. The van der Waals surface area contributed by atoms with E-state index >= 15 is 0 Å². The molecule has 6 heteroatoms. The topological polar surface area (TPSA) is 80.9 Å². The van der Waals surface area contributed by atoms with Crippen molar-refractivity contribution in [3.63, 3.8) is 0 Å². The highest BCUT2D eigenvalue weighted by Gasteiger charge is 2.15. The Morgan fingerprint density at radius 1 is 1.33 bits per heavy atom. The molecular weight excluding hydrogens is 309 g/mol. The molecule has 5 nitrogen and oxygen atoms in total. The highest BCUT2D eigenvalue weighted by atomic mass is 19.1. The van der Waals surface area contributed by atoms with E-state index in [4.69, 9.17) is 5.73 Å². The maximum atomic E-state index is 14.4. The van der Waals surface area contributed by atoms with Crippen LogP contribution >= 0.6 is 0 Å². The van der Waals surface area contributed by atoms with E-state index in [0.717, 1.165) is 0 Å². The molecule has 0 aliphatic carbocycles. The number of fused-ring (bicyclic) bond motifs is 1. The second kappa shape index (κ2) is 6.16. The second-order valence-corrected chi connectivity index (χ2v) is 5.39. The Balaban J connectivity index is 2.32. The number of primary amides is 1. The van der Waals surface area contributed by atoms with Gasteiger partial charge in [-0.25, -0.2) is 4.39 Å². The van der Waals surface area contributed by atoms with Crippen LogP contribution in [0.25, 0.3) is 22.0 Å². The Kier molecular flexibility index (Phi) is 4.04. The van der Waals surface area contributed by atoms with Crippen molar-refractivity contribution in [2.24, 2.45) is 5.73 Å². The standard InChI is InChI=1S/C18H16FN3O2/c1-2-3-8-22-10-14(12-6-7-21-16(12)18(22)24)13-9-11(17(20)23)4-5-15(13)19/h2-7,9-10,21H,8H2,1H3,(H2,20,23)/b3-2+. The Bertz CT molecular complexity index is 1010. The third-order valence-corrected chi connectivity index (χ3v) is 3.88. The number of carbonyl (C=O) groups is 1. The van der Waals surface area contributed by atoms with Gasteiger partial charge in [0.05, 0.1) is 0 Å². The van der Waals surface area contributed by atoms with Crippen molar-refractivity contribution in [1.29, 1.82) is 0 Å². The minimum atomic E-state index is -0.635. The molecule has 0 aliphatic rings. The molecule has 0 saturated heterocycles. The van der Waals surface area contributed by atoms with Crippen molar-refractivity contribution in [3.05, 3.63) is 70.5 Å². The number of nitrogens with one attached hydrogen (secondary N) is 1. The van der Waals surface area contributed by atoms with Crippen LogP contribution in [-0.4, -0.2) is 15.5 Å². The normalized spacial score (nSPS) is 11.4. The predicted octanol–water partition coefficient (Wildman–Crippen LogP) is 2.81. The van der Waals surface area contributed by atoms with E-state index in [1.165, 1.54) is 22.8 Å². The number of nitrogens with two attached hydrogens (primary N) is 1. The molecule has 0 fully saturated rings. The van der Waals surface area contributed by atoms with E-state index in [-0.39, 0.29) is 16.7 Å². The number of H-pyrrole nitrogens is 1. The highest BCUT2D eigenvalue weighted by molar-refractivity contribution is 5.98. The van der Waals surface area contributed by atoms with E-state index in [1.807, 2.05) is 19.1 Å². The number of nitrogens with zero attached hydrogens (tertiary/aromatic N) is 1. The molecule has 0 spiro atoms. The van der Waals surface area contributed by atoms with Gasteiger partial charge in [0.15, 0.2) is 0 Å². The summed E-state index contributed by atoms with van der Waals surface area (Å²) < 4.78 is 15.9. The molecule has 122 valence electrons. The summed E-state index contributed by atoms with van der Waals surface area (Å²) in [6.45, 7) is 2.23. The fourth-order valence-electron chi connectivity index (χ4n) is 2.65. The van der Waals surface area contributed by atoms with Gasteiger partial charge in [0.25, 0.3) is 5.56 Å². The molecule has 1 aromatic carbocycles. The molecule has 0 saturated carbocycles. The van der Waals surface area contributed by atoms with Crippen LogP contribution in [0.5, 0.6) is 0 Å². The molecule has 0 radical (unpaired) electrons. The minimum absolute atomic E-state index is 0.191. The van der Waals surface area contributed by atoms with Gasteiger partial charge in [-0.1, -0.05) is 12.2 Å². The van der Waals surface area contributed by atoms with Crippen molar-refractivity contribution >= 4 is 16.8 Å². The first kappa shape index (κ1) is 15.7. The molecule has 3 rings (SSSR count). The van der Waals surface area contributed by atoms with Gasteiger partial charge in [0.2, 0.25) is 5.91 Å². The van der Waals surface area contributed by atoms with Crippen LogP contribution in [0.3, 0.4) is 0 Å². The van der Waals surface area contributed by atoms with Crippen molar-refractivity contribution in [3.8, 4) is 11.1 Å². The SMILES string of the molecule is C/C=C/Cn1cc(-c2cc(C(N)=O)ccc2F)c2cc[nH]c2c1=O. The van der Waals surface area contributed by atoms with E-state index in [9.17, 15) is 14.0 Å². The average molecular weight is 325 g/mol. The zero-order valence-electron chi connectivity index (χ0n) is 13.0. The van der Waals surface area contributed by atoms with Crippen LogP contribution in [0, 0.1) is 5.82 Å². The van der Waals surface area contributed by atoms with Gasteiger partial charge < -0.3 is 15.3 Å². The second-order valence-electron chi connectivity index (χ2n) is 5.39. The number of benzene rings is 1. The Morgan fingerprint density at radius 2 is 2.12 bits per heavy atom. The van der Waals surface area contributed by atoms with E-state index < -0.39 is 11.7 Å². The van der Waals surface area contributed by atoms with Gasteiger partial charge in [-0.05, 0) is 31.2 Å². The lowest BCUT2D eigenvalue weighted by Gasteiger charge is -2.11. The van der Waals surface area contributed by atoms with Crippen LogP contribution in [0.15, 0.2) is 53.6 Å². The van der Waals surface area contributed by atoms with Gasteiger partial charge in [0.1, 0.15) is 11.3 Å². The van der Waals surface area contributed by atoms with E-state index in [1.54, 1.807) is 18.5 Å². The van der Waals surface area contributed by atoms with Crippen LogP contribution in [0.2, 0.25) is 0 Å². The van der Waals surface area contributed by atoms with Gasteiger partial charge >= 0.3 is 0 Å². The van der Waals surface area contributed by atoms with Crippen molar-refractivity contribution in [1.82, 2.24) is 9.55 Å². The van der Waals surface area contributed by atoms with E-state index in [2.05, 4.69) is 4.98 Å². The zero-order chi connectivity index (χ0) is 17.3. The molecule has 0 aliphatic heterocycles. The maximum absolute atomic E-state index is 14.4. The lowest BCUT2D eigenvalue weighted by atomic mass is 10.0. The summed E-state index contributed by atoms with van der Waals surface area (Å²) in [6.07, 6.45) is 6.89. The number of hydrogen-bond donors (Lipinski definition) is 2. The third-order valence-electron chi connectivity index (χ3n) is 3.88. The summed E-state index contributed by atoms with van der Waals surface area (Å²) in [5.41, 5.74) is 6.45. The van der Waals surface area contributed by atoms with Crippen LogP contribution < -0.4 is 11.3 Å². The monoisotopic (exact) mass is 325 g/mol. The van der Waals surface area contributed by atoms with Crippen LogP contribution in [-0.2, 0) is 6.54 Å². The predicted molar refractivity (Wildman–Crippen MR) is 91.3 cm³/mol. The molecule has 0 atom stereocenters. The maximum Gasteiger partial charge on any atom is 0.275 e. The first-order valence-corrected chi connectivity index (χ1v) is 7.44. The Morgan fingerprint density at radius 3 is 2.83 bits per heavy atom. The van der Waals surface area contributed by atoms with E-state index in [0.29, 0.717) is 23.0 Å². The quantitative estimate of drug-likeness (QED) is 0.723. The summed E-state index contributed by atoms with van der Waals surface area (Å²) in [4.78, 5) is 26.8. The van der Waals surface area contributed by atoms with Gasteiger partial charge in [-0.3, -0.25) is 9.59 Å². The molecule has 1 amide bonds.